The van der Waals surface area contributed by atoms with E-state index >= 15 is 0 Å². The van der Waals surface area contributed by atoms with Crippen LogP contribution in [-0.2, 0) is 0 Å². The van der Waals surface area contributed by atoms with Crippen LogP contribution < -0.4 is 0 Å². The van der Waals surface area contributed by atoms with Crippen molar-refractivity contribution in [1.82, 2.24) is 0 Å². The first-order valence-electron chi connectivity index (χ1n) is 8.07. The largest absolute Gasteiger partial charge is 0.246 e. The van der Waals surface area contributed by atoms with Crippen molar-refractivity contribution >= 4 is 11.8 Å². The number of rotatable bonds is 4. The lowest BCUT2D eigenvalue weighted by atomic mass is 9.83. The van der Waals surface area contributed by atoms with Crippen molar-refractivity contribution in [3.8, 4) is 0 Å². The SMILES string of the molecule is CCC1(SC2(CC)CCCCC2F)CCCCC1F. The fourth-order valence-corrected chi connectivity index (χ4v) is 5.99. The summed E-state index contributed by atoms with van der Waals surface area (Å²) in [6.07, 6.45) is 7.64. The standard InChI is InChI=1S/C16H28F2S/c1-3-15(11-7-5-9-13(15)17)19-16(4-2)12-8-6-10-14(16)18/h13-14H,3-12H2,1-2H3. The van der Waals surface area contributed by atoms with Gasteiger partial charge in [0.05, 0.1) is 0 Å². The van der Waals surface area contributed by atoms with Gasteiger partial charge >= 0.3 is 0 Å². The second-order valence-electron chi connectivity index (χ2n) is 6.37. The first-order chi connectivity index (χ1) is 9.08. The summed E-state index contributed by atoms with van der Waals surface area (Å²) in [7, 11) is 0. The molecule has 0 amide bonds. The topological polar surface area (TPSA) is 0 Å². The van der Waals surface area contributed by atoms with Crippen molar-refractivity contribution in [2.75, 3.05) is 0 Å². The first kappa shape index (κ1) is 15.6. The molecule has 0 nitrogen and oxygen atoms in total. The molecular formula is C16H28F2S. The van der Waals surface area contributed by atoms with Crippen molar-refractivity contribution in [3.05, 3.63) is 0 Å². The van der Waals surface area contributed by atoms with Gasteiger partial charge in [0.2, 0.25) is 0 Å². The molecule has 19 heavy (non-hydrogen) atoms. The second-order valence-corrected chi connectivity index (χ2v) is 8.20. The Labute approximate surface area is 121 Å². The quantitative estimate of drug-likeness (QED) is 0.626. The monoisotopic (exact) mass is 290 g/mol. The van der Waals surface area contributed by atoms with E-state index in [1.54, 1.807) is 11.8 Å². The average molecular weight is 290 g/mol. The molecule has 2 rings (SSSR count). The van der Waals surface area contributed by atoms with Crippen LogP contribution in [0.1, 0.15) is 78.1 Å². The van der Waals surface area contributed by atoms with Gasteiger partial charge in [0.25, 0.3) is 0 Å². The zero-order valence-electron chi connectivity index (χ0n) is 12.4. The molecule has 0 saturated heterocycles. The Hall–Kier alpha value is 0.210. The summed E-state index contributed by atoms with van der Waals surface area (Å²) in [5.41, 5.74) is 0. The van der Waals surface area contributed by atoms with E-state index in [0.29, 0.717) is 12.8 Å². The predicted molar refractivity (Wildman–Crippen MR) is 80.4 cm³/mol. The van der Waals surface area contributed by atoms with Crippen molar-refractivity contribution in [2.45, 2.75) is 99.9 Å². The first-order valence-corrected chi connectivity index (χ1v) is 8.88. The Bertz CT molecular complexity index is 268. The van der Waals surface area contributed by atoms with Gasteiger partial charge in [-0.2, -0.15) is 0 Å². The van der Waals surface area contributed by atoms with E-state index in [2.05, 4.69) is 13.8 Å². The number of thioether (sulfide) groups is 1. The molecule has 3 heteroatoms. The van der Waals surface area contributed by atoms with E-state index in [-0.39, 0.29) is 9.49 Å². The highest BCUT2D eigenvalue weighted by molar-refractivity contribution is 8.02. The van der Waals surface area contributed by atoms with Gasteiger partial charge in [0, 0.05) is 9.49 Å². The normalized spacial score (nSPS) is 44.2. The molecule has 112 valence electrons. The Morgan fingerprint density at radius 2 is 1.26 bits per heavy atom. The Balaban J connectivity index is 2.19. The molecular weight excluding hydrogens is 262 g/mol. The van der Waals surface area contributed by atoms with Gasteiger partial charge in [-0.3, -0.25) is 0 Å². The van der Waals surface area contributed by atoms with Crippen LogP contribution in [0.4, 0.5) is 8.78 Å². The van der Waals surface area contributed by atoms with Gasteiger partial charge in [-0.05, 0) is 38.5 Å². The van der Waals surface area contributed by atoms with Gasteiger partial charge in [0.1, 0.15) is 12.3 Å². The van der Waals surface area contributed by atoms with Crippen LogP contribution in [0.5, 0.6) is 0 Å². The molecule has 0 aliphatic heterocycles. The molecule has 2 aliphatic carbocycles. The van der Waals surface area contributed by atoms with E-state index in [9.17, 15) is 8.78 Å². The molecule has 0 aromatic rings. The predicted octanol–water partition coefficient (Wildman–Crippen LogP) is 5.84. The molecule has 0 N–H and O–H groups in total. The molecule has 0 heterocycles. The third-order valence-electron chi connectivity index (χ3n) is 5.36. The zero-order valence-corrected chi connectivity index (χ0v) is 13.2. The van der Waals surface area contributed by atoms with Gasteiger partial charge in [-0.15, -0.1) is 11.8 Å². The fourth-order valence-electron chi connectivity index (χ4n) is 3.91. The summed E-state index contributed by atoms with van der Waals surface area (Å²) in [6, 6.07) is 0. The molecule has 0 bridgehead atoms. The van der Waals surface area contributed by atoms with Crippen LogP contribution in [0.3, 0.4) is 0 Å². The van der Waals surface area contributed by atoms with Crippen LogP contribution in [0.25, 0.3) is 0 Å². The fraction of sp³-hybridized carbons (Fsp3) is 1.00. The lowest BCUT2D eigenvalue weighted by Gasteiger charge is -2.49. The van der Waals surface area contributed by atoms with E-state index < -0.39 is 12.3 Å². The molecule has 0 aromatic carbocycles. The summed E-state index contributed by atoms with van der Waals surface area (Å²) in [6.45, 7) is 4.18. The second kappa shape index (κ2) is 6.32. The van der Waals surface area contributed by atoms with Gasteiger partial charge < -0.3 is 0 Å². The summed E-state index contributed by atoms with van der Waals surface area (Å²) in [5, 5.41) is 0. The Kier molecular flexibility index (Phi) is 5.19. The van der Waals surface area contributed by atoms with Crippen LogP contribution in [0.2, 0.25) is 0 Å². The minimum atomic E-state index is -0.742. The van der Waals surface area contributed by atoms with E-state index in [0.717, 1.165) is 51.4 Å². The van der Waals surface area contributed by atoms with Crippen molar-refractivity contribution in [2.24, 2.45) is 0 Å². The van der Waals surface area contributed by atoms with Crippen LogP contribution in [0, 0.1) is 0 Å². The summed E-state index contributed by atoms with van der Waals surface area (Å²) in [4.78, 5) is 0. The van der Waals surface area contributed by atoms with E-state index in [4.69, 9.17) is 0 Å². The maximum absolute atomic E-state index is 14.5. The highest BCUT2D eigenvalue weighted by Gasteiger charge is 2.50. The molecule has 2 saturated carbocycles. The lowest BCUT2D eigenvalue weighted by molar-refractivity contribution is 0.167. The van der Waals surface area contributed by atoms with Crippen LogP contribution in [0.15, 0.2) is 0 Å². The summed E-state index contributed by atoms with van der Waals surface area (Å²) < 4.78 is 28.5. The number of hydrogen-bond acceptors (Lipinski definition) is 1. The van der Waals surface area contributed by atoms with Crippen molar-refractivity contribution in [1.29, 1.82) is 0 Å². The van der Waals surface area contributed by atoms with Gasteiger partial charge in [-0.1, -0.05) is 39.5 Å². The van der Waals surface area contributed by atoms with Gasteiger partial charge in [0.15, 0.2) is 0 Å². The third kappa shape index (κ3) is 2.96. The minimum absolute atomic E-state index is 0.310. The summed E-state index contributed by atoms with van der Waals surface area (Å²) >= 11 is 1.70. The lowest BCUT2D eigenvalue weighted by Crippen LogP contribution is -2.48. The van der Waals surface area contributed by atoms with Crippen LogP contribution >= 0.6 is 11.8 Å². The van der Waals surface area contributed by atoms with Crippen molar-refractivity contribution in [3.63, 3.8) is 0 Å². The molecule has 4 atom stereocenters. The maximum atomic E-state index is 14.5. The maximum Gasteiger partial charge on any atom is 0.115 e. The Morgan fingerprint density at radius 1 is 0.842 bits per heavy atom. The number of hydrogen-bond donors (Lipinski definition) is 0. The van der Waals surface area contributed by atoms with Gasteiger partial charge in [-0.25, -0.2) is 8.78 Å². The molecule has 0 radical (unpaired) electrons. The van der Waals surface area contributed by atoms with Crippen LogP contribution in [-0.4, -0.2) is 21.8 Å². The number of halogens is 2. The van der Waals surface area contributed by atoms with E-state index in [1.807, 2.05) is 0 Å². The average Bonchev–Trinajstić information content (AvgIpc) is 2.44. The zero-order chi connectivity index (χ0) is 13.9. The molecule has 2 aliphatic rings. The summed E-state index contributed by atoms with van der Waals surface area (Å²) in [5.74, 6) is 0. The Morgan fingerprint density at radius 3 is 1.58 bits per heavy atom. The minimum Gasteiger partial charge on any atom is -0.246 e. The number of alkyl halides is 2. The molecule has 0 spiro atoms. The highest BCUT2D eigenvalue weighted by atomic mass is 32.2. The third-order valence-corrected chi connectivity index (χ3v) is 7.67. The van der Waals surface area contributed by atoms with E-state index in [1.165, 1.54) is 0 Å². The molecule has 0 aromatic heterocycles. The van der Waals surface area contributed by atoms with Crippen molar-refractivity contribution < 1.29 is 8.78 Å². The smallest absolute Gasteiger partial charge is 0.115 e. The molecule has 4 unspecified atom stereocenters. The highest BCUT2D eigenvalue weighted by Crippen LogP contribution is 2.55. The molecule has 2 fully saturated rings.